The van der Waals surface area contributed by atoms with Crippen LogP contribution in [0.25, 0.3) is 0 Å². The molecule has 1 unspecified atom stereocenters. The van der Waals surface area contributed by atoms with Crippen LogP contribution in [-0.2, 0) is 0 Å². The van der Waals surface area contributed by atoms with E-state index in [9.17, 15) is 0 Å². The lowest BCUT2D eigenvalue weighted by Gasteiger charge is -1.93. The average Bonchev–Trinajstić information content (AvgIpc) is 2.37. The highest BCUT2D eigenvalue weighted by atomic mass is 16.6. The number of aromatic nitrogens is 2. The summed E-state index contributed by atoms with van der Waals surface area (Å²) in [5.41, 5.74) is 5.48. The molecule has 0 amide bonds. The van der Waals surface area contributed by atoms with Gasteiger partial charge in [-0.15, -0.1) is 0 Å². The Bertz CT molecular complexity index is 221. The number of ether oxygens (including phenoxy) is 1. The zero-order chi connectivity index (χ0) is 8.27. The molecule has 1 atom stereocenters. The van der Waals surface area contributed by atoms with Crippen LogP contribution >= 0.6 is 0 Å². The van der Waals surface area contributed by atoms with Gasteiger partial charge in [-0.25, -0.2) is 0 Å². The van der Waals surface area contributed by atoms with Crippen molar-refractivity contribution in [3.05, 3.63) is 5.82 Å². The summed E-state index contributed by atoms with van der Waals surface area (Å²) in [6, 6.07) is -0.215. The van der Waals surface area contributed by atoms with Gasteiger partial charge in [0, 0.05) is 0 Å². The lowest BCUT2D eigenvalue weighted by Crippen LogP contribution is -2.06. The molecule has 0 saturated carbocycles. The third kappa shape index (κ3) is 1.91. The van der Waals surface area contributed by atoms with Crippen molar-refractivity contribution in [3.63, 3.8) is 0 Å². The highest BCUT2D eigenvalue weighted by Gasteiger charge is 2.09. The van der Waals surface area contributed by atoms with Crippen molar-refractivity contribution >= 4 is 0 Å². The lowest BCUT2D eigenvalue weighted by molar-refractivity contribution is 0.215. The first-order valence-electron chi connectivity index (χ1n) is 3.46. The lowest BCUT2D eigenvalue weighted by atomic mass is 10.3. The van der Waals surface area contributed by atoms with E-state index in [-0.39, 0.29) is 12.1 Å². The van der Waals surface area contributed by atoms with Crippen LogP contribution in [0.1, 0.15) is 25.7 Å². The van der Waals surface area contributed by atoms with Crippen molar-refractivity contribution in [2.45, 2.75) is 19.9 Å². The summed E-state index contributed by atoms with van der Waals surface area (Å²) in [6.45, 7) is 4.14. The quantitative estimate of drug-likeness (QED) is 0.691. The Morgan fingerprint density at radius 2 is 2.45 bits per heavy atom. The number of hydrogen-bond acceptors (Lipinski definition) is 5. The van der Waals surface area contributed by atoms with Crippen LogP contribution in [0.3, 0.4) is 0 Å². The maximum Gasteiger partial charge on any atom is 0.417 e. The topological polar surface area (TPSA) is 74.2 Å². The largest absolute Gasteiger partial charge is 0.449 e. The van der Waals surface area contributed by atoms with Crippen LogP contribution in [-0.4, -0.2) is 16.7 Å². The molecule has 0 aliphatic carbocycles. The van der Waals surface area contributed by atoms with Crippen LogP contribution in [0.2, 0.25) is 0 Å². The fourth-order valence-corrected chi connectivity index (χ4v) is 0.587. The number of nitrogens with two attached hydrogens (primary N) is 1. The van der Waals surface area contributed by atoms with Gasteiger partial charge in [-0.2, -0.15) is 4.98 Å². The minimum Gasteiger partial charge on any atom is -0.449 e. The third-order valence-electron chi connectivity index (χ3n) is 1.10. The maximum atomic E-state index is 5.48. The standard InChI is InChI=1S/C6H11N3O2/c1-3-10-6-8-5(4(2)7)9-11-6/h4H,3,7H2,1-2H3. The third-order valence-corrected chi connectivity index (χ3v) is 1.10. The van der Waals surface area contributed by atoms with Crippen LogP contribution in [0.15, 0.2) is 4.52 Å². The molecule has 0 saturated heterocycles. The first-order valence-corrected chi connectivity index (χ1v) is 3.46. The fourth-order valence-electron chi connectivity index (χ4n) is 0.587. The minimum absolute atomic E-state index is 0.180. The first kappa shape index (κ1) is 8.00. The van der Waals surface area contributed by atoms with Crippen molar-refractivity contribution < 1.29 is 9.26 Å². The molecular formula is C6H11N3O2. The second-order valence-electron chi connectivity index (χ2n) is 2.14. The summed E-state index contributed by atoms with van der Waals surface area (Å²) in [7, 11) is 0. The second-order valence-corrected chi connectivity index (χ2v) is 2.14. The monoisotopic (exact) mass is 157 g/mol. The van der Waals surface area contributed by atoms with Crippen molar-refractivity contribution in [2.24, 2.45) is 5.73 Å². The average molecular weight is 157 g/mol. The summed E-state index contributed by atoms with van der Waals surface area (Å²) >= 11 is 0. The normalized spacial score (nSPS) is 13.0. The van der Waals surface area contributed by atoms with Gasteiger partial charge in [-0.05, 0) is 13.8 Å². The molecule has 2 N–H and O–H groups in total. The van der Waals surface area contributed by atoms with Gasteiger partial charge in [0.2, 0.25) is 0 Å². The molecule has 11 heavy (non-hydrogen) atoms. The molecule has 0 radical (unpaired) electrons. The predicted octanol–water partition coefficient (Wildman–Crippen LogP) is 0.488. The molecular weight excluding hydrogens is 146 g/mol. The van der Waals surface area contributed by atoms with E-state index >= 15 is 0 Å². The van der Waals surface area contributed by atoms with Gasteiger partial charge in [-0.3, -0.25) is 4.52 Å². The van der Waals surface area contributed by atoms with Gasteiger partial charge in [0.05, 0.1) is 12.6 Å². The van der Waals surface area contributed by atoms with Crippen molar-refractivity contribution in [3.8, 4) is 6.08 Å². The number of hydrogen-bond donors (Lipinski definition) is 1. The molecule has 5 nitrogen and oxygen atoms in total. The van der Waals surface area contributed by atoms with E-state index in [1.807, 2.05) is 6.92 Å². The number of nitrogens with zero attached hydrogens (tertiary/aromatic N) is 2. The predicted molar refractivity (Wildman–Crippen MR) is 38.1 cm³/mol. The Morgan fingerprint density at radius 3 is 2.91 bits per heavy atom. The van der Waals surface area contributed by atoms with E-state index < -0.39 is 0 Å². The molecule has 1 aromatic rings. The van der Waals surface area contributed by atoms with Gasteiger partial charge in [-0.1, -0.05) is 5.16 Å². The Kier molecular flexibility index (Phi) is 2.43. The highest BCUT2D eigenvalue weighted by Crippen LogP contribution is 2.10. The molecule has 1 heterocycles. The van der Waals surface area contributed by atoms with Crippen molar-refractivity contribution in [2.75, 3.05) is 6.61 Å². The second kappa shape index (κ2) is 3.34. The SMILES string of the molecule is CCOc1nc(C(C)N)no1. The molecule has 0 aromatic carbocycles. The highest BCUT2D eigenvalue weighted by molar-refractivity contribution is 4.93. The zero-order valence-corrected chi connectivity index (χ0v) is 6.57. The Hall–Kier alpha value is -1.10. The molecule has 1 aromatic heterocycles. The summed E-state index contributed by atoms with van der Waals surface area (Å²) in [4.78, 5) is 3.87. The van der Waals surface area contributed by atoms with Crippen LogP contribution in [0.5, 0.6) is 6.08 Å². The zero-order valence-electron chi connectivity index (χ0n) is 6.57. The molecule has 5 heteroatoms. The molecule has 0 spiro atoms. The number of rotatable bonds is 3. The van der Waals surface area contributed by atoms with Crippen LogP contribution in [0.4, 0.5) is 0 Å². The van der Waals surface area contributed by atoms with Gasteiger partial charge in [0.1, 0.15) is 0 Å². The first-order chi connectivity index (χ1) is 5.24. The summed E-state index contributed by atoms with van der Waals surface area (Å²) < 4.78 is 9.64. The summed E-state index contributed by atoms with van der Waals surface area (Å²) in [5.74, 6) is 0.466. The van der Waals surface area contributed by atoms with E-state index in [1.54, 1.807) is 6.92 Å². The van der Waals surface area contributed by atoms with E-state index in [1.165, 1.54) is 0 Å². The van der Waals surface area contributed by atoms with Crippen molar-refractivity contribution in [1.29, 1.82) is 0 Å². The fraction of sp³-hybridized carbons (Fsp3) is 0.667. The molecule has 0 aliphatic heterocycles. The Labute approximate surface area is 64.5 Å². The Balaban J connectivity index is 2.66. The van der Waals surface area contributed by atoms with E-state index in [0.717, 1.165) is 0 Å². The summed E-state index contributed by atoms with van der Waals surface area (Å²) in [5, 5.41) is 3.60. The van der Waals surface area contributed by atoms with Gasteiger partial charge < -0.3 is 10.5 Å². The molecule has 62 valence electrons. The smallest absolute Gasteiger partial charge is 0.417 e. The molecule has 0 aliphatic rings. The Morgan fingerprint density at radius 1 is 1.73 bits per heavy atom. The summed E-state index contributed by atoms with van der Waals surface area (Å²) in [6.07, 6.45) is 0.180. The minimum atomic E-state index is -0.215. The maximum absolute atomic E-state index is 5.48. The van der Waals surface area contributed by atoms with Gasteiger partial charge in [0.15, 0.2) is 5.82 Å². The van der Waals surface area contributed by atoms with Crippen LogP contribution < -0.4 is 10.5 Å². The van der Waals surface area contributed by atoms with E-state index in [4.69, 9.17) is 15.0 Å². The molecule has 0 bridgehead atoms. The van der Waals surface area contributed by atoms with Gasteiger partial charge >= 0.3 is 6.08 Å². The van der Waals surface area contributed by atoms with Crippen LogP contribution in [0, 0.1) is 0 Å². The van der Waals surface area contributed by atoms with E-state index in [2.05, 4.69) is 10.1 Å². The molecule has 0 fully saturated rings. The van der Waals surface area contributed by atoms with E-state index in [0.29, 0.717) is 12.4 Å². The molecule has 1 rings (SSSR count). The van der Waals surface area contributed by atoms with Crippen molar-refractivity contribution in [1.82, 2.24) is 10.1 Å². The van der Waals surface area contributed by atoms with Gasteiger partial charge in [0.25, 0.3) is 0 Å².